The number of aryl methyl sites for hydroxylation is 1. The molecule has 1 atom stereocenters. The lowest BCUT2D eigenvalue weighted by Gasteiger charge is -2.12. The lowest BCUT2D eigenvalue weighted by molar-refractivity contribution is -0.138. The number of carboxylic acids is 1. The summed E-state index contributed by atoms with van der Waals surface area (Å²) >= 11 is 0. The number of hydrogen-bond donors (Lipinski definition) is 1. The summed E-state index contributed by atoms with van der Waals surface area (Å²) in [6.07, 6.45) is 0.0737. The number of aliphatic carboxylic acids is 1. The van der Waals surface area contributed by atoms with Crippen molar-refractivity contribution in [2.75, 3.05) is 7.11 Å². The van der Waals surface area contributed by atoms with Crippen LogP contribution in [-0.4, -0.2) is 38.4 Å². The molecule has 0 radical (unpaired) electrons. The average molecular weight is 290 g/mol. The molecule has 112 valence electrons. The highest BCUT2D eigenvalue weighted by Gasteiger charge is 2.17. The van der Waals surface area contributed by atoms with Crippen molar-refractivity contribution in [3.8, 4) is 17.1 Å². The predicted molar refractivity (Wildman–Crippen MR) is 76.0 cm³/mol. The van der Waals surface area contributed by atoms with Crippen LogP contribution in [0, 0.1) is 12.8 Å². The third kappa shape index (κ3) is 3.56. The number of benzene rings is 1. The highest BCUT2D eigenvalue weighted by Crippen LogP contribution is 2.29. The van der Waals surface area contributed by atoms with Crippen LogP contribution in [0.2, 0.25) is 0 Å². The maximum atomic E-state index is 10.8. The topological polar surface area (TPSA) is 90.1 Å². The fourth-order valence-electron chi connectivity index (χ4n) is 2.17. The van der Waals surface area contributed by atoms with E-state index < -0.39 is 5.97 Å². The number of methoxy groups -OCH3 is 1. The molecule has 7 nitrogen and oxygen atoms in total. The molecule has 2 rings (SSSR count). The number of carbonyl (C=O) groups is 1. The minimum atomic E-state index is -0.828. The van der Waals surface area contributed by atoms with Gasteiger partial charge in [0.05, 0.1) is 12.7 Å². The first-order valence-electron chi connectivity index (χ1n) is 6.64. The molecule has 2 aromatic rings. The lowest BCUT2D eigenvalue weighted by Crippen LogP contribution is -2.14. The molecule has 21 heavy (non-hydrogen) atoms. The minimum absolute atomic E-state index is 0.0689. The van der Waals surface area contributed by atoms with Gasteiger partial charge in [-0.3, -0.25) is 4.79 Å². The number of rotatable bonds is 6. The zero-order valence-corrected chi connectivity index (χ0v) is 12.3. The summed E-state index contributed by atoms with van der Waals surface area (Å²) < 4.78 is 6.96. The van der Waals surface area contributed by atoms with E-state index in [1.165, 1.54) is 0 Å². The SMILES string of the molecule is COc1ccc(C)cc1-c1nnnn1CC(C)CC(=O)O. The van der Waals surface area contributed by atoms with Crippen molar-refractivity contribution in [1.29, 1.82) is 0 Å². The number of aromatic nitrogens is 4. The van der Waals surface area contributed by atoms with E-state index in [-0.39, 0.29) is 12.3 Å². The molecule has 0 aliphatic carbocycles. The van der Waals surface area contributed by atoms with Crippen LogP contribution in [0.3, 0.4) is 0 Å². The second-order valence-corrected chi connectivity index (χ2v) is 5.09. The summed E-state index contributed by atoms with van der Waals surface area (Å²) in [6.45, 7) is 4.27. The highest BCUT2D eigenvalue weighted by atomic mass is 16.5. The number of tetrazole rings is 1. The summed E-state index contributed by atoms with van der Waals surface area (Å²) in [5.74, 6) is 0.362. The van der Waals surface area contributed by atoms with Crippen molar-refractivity contribution in [3.05, 3.63) is 23.8 Å². The largest absolute Gasteiger partial charge is 0.496 e. The van der Waals surface area contributed by atoms with Gasteiger partial charge in [0.1, 0.15) is 5.75 Å². The van der Waals surface area contributed by atoms with Crippen molar-refractivity contribution in [2.45, 2.75) is 26.8 Å². The van der Waals surface area contributed by atoms with E-state index in [9.17, 15) is 4.79 Å². The molecule has 1 unspecified atom stereocenters. The van der Waals surface area contributed by atoms with Crippen LogP contribution in [-0.2, 0) is 11.3 Å². The van der Waals surface area contributed by atoms with Crippen LogP contribution in [0.4, 0.5) is 0 Å². The van der Waals surface area contributed by atoms with Crippen molar-refractivity contribution in [3.63, 3.8) is 0 Å². The van der Waals surface area contributed by atoms with Crippen LogP contribution in [0.5, 0.6) is 5.75 Å². The number of carboxylic acid groups (broad SMARTS) is 1. The van der Waals surface area contributed by atoms with Crippen LogP contribution >= 0.6 is 0 Å². The van der Waals surface area contributed by atoms with E-state index in [1.54, 1.807) is 11.8 Å². The zero-order valence-electron chi connectivity index (χ0n) is 12.3. The standard InChI is InChI=1S/C14H18N4O3/c1-9-4-5-12(21-3)11(6-9)14-15-16-17-18(14)8-10(2)7-13(19)20/h4-6,10H,7-8H2,1-3H3,(H,19,20). The summed E-state index contributed by atoms with van der Waals surface area (Å²) in [5.41, 5.74) is 1.86. The van der Waals surface area contributed by atoms with Crippen molar-refractivity contribution >= 4 is 5.97 Å². The Kier molecular flexibility index (Phi) is 4.52. The second-order valence-electron chi connectivity index (χ2n) is 5.09. The fraction of sp³-hybridized carbons (Fsp3) is 0.429. The summed E-state index contributed by atoms with van der Waals surface area (Å²) in [7, 11) is 1.59. The molecule has 0 fully saturated rings. The van der Waals surface area contributed by atoms with E-state index >= 15 is 0 Å². The van der Waals surface area contributed by atoms with E-state index in [0.717, 1.165) is 11.1 Å². The molecule has 7 heteroatoms. The molecule has 0 aliphatic rings. The zero-order chi connectivity index (χ0) is 15.4. The van der Waals surface area contributed by atoms with Crippen molar-refractivity contribution in [1.82, 2.24) is 20.2 Å². The van der Waals surface area contributed by atoms with Crippen LogP contribution in [0.1, 0.15) is 18.9 Å². The van der Waals surface area contributed by atoms with Gasteiger partial charge in [0.25, 0.3) is 0 Å². The van der Waals surface area contributed by atoms with E-state index in [2.05, 4.69) is 15.5 Å². The molecular formula is C14H18N4O3. The first kappa shape index (κ1) is 15.0. The van der Waals surface area contributed by atoms with E-state index in [4.69, 9.17) is 9.84 Å². The first-order chi connectivity index (χ1) is 10.0. The number of hydrogen-bond acceptors (Lipinski definition) is 5. The predicted octanol–water partition coefficient (Wildman–Crippen LogP) is 1.77. The Balaban J connectivity index is 2.32. The van der Waals surface area contributed by atoms with Gasteiger partial charge >= 0.3 is 5.97 Å². The third-order valence-corrected chi connectivity index (χ3v) is 3.14. The molecule has 0 saturated carbocycles. The van der Waals surface area contributed by atoms with Crippen molar-refractivity contribution < 1.29 is 14.6 Å². The minimum Gasteiger partial charge on any atom is -0.496 e. The highest BCUT2D eigenvalue weighted by molar-refractivity contribution is 5.67. The Morgan fingerprint density at radius 3 is 2.90 bits per heavy atom. The maximum Gasteiger partial charge on any atom is 0.303 e. The van der Waals surface area contributed by atoms with Gasteiger partial charge in [-0.2, -0.15) is 0 Å². The summed E-state index contributed by atoms with van der Waals surface area (Å²) in [6, 6.07) is 5.76. The number of ether oxygens (including phenoxy) is 1. The Morgan fingerprint density at radius 2 is 2.24 bits per heavy atom. The molecule has 0 saturated heterocycles. The Hall–Kier alpha value is -2.44. The maximum absolute atomic E-state index is 10.8. The second kappa shape index (κ2) is 6.34. The molecule has 1 heterocycles. The summed E-state index contributed by atoms with van der Waals surface area (Å²) in [4.78, 5) is 10.8. The van der Waals surface area contributed by atoms with Gasteiger partial charge in [-0.05, 0) is 35.4 Å². The van der Waals surface area contributed by atoms with Crippen LogP contribution in [0.25, 0.3) is 11.4 Å². The van der Waals surface area contributed by atoms with E-state index in [1.807, 2.05) is 32.0 Å². The fourth-order valence-corrected chi connectivity index (χ4v) is 2.17. The lowest BCUT2D eigenvalue weighted by atomic mass is 10.1. The number of nitrogens with zero attached hydrogens (tertiary/aromatic N) is 4. The molecule has 1 aromatic carbocycles. The monoisotopic (exact) mass is 290 g/mol. The Bertz CT molecular complexity index is 639. The van der Waals surface area contributed by atoms with Gasteiger partial charge in [-0.15, -0.1) is 5.10 Å². The van der Waals surface area contributed by atoms with Gasteiger partial charge in [-0.1, -0.05) is 18.6 Å². The average Bonchev–Trinajstić information content (AvgIpc) is 2.85. The molecule has 0 bridgehead atoms. The van der Waals surface area contributed by atoms with Gasteiger partial charge < -0.3 is 9.84 Å². The smallest absolute Gasteiger partial charge is 0.303 e. The molecule has 0 amide bonds. The molecule has 0 aliphatic heterocycles. The molecule has 1 aromatic heterocycles. The quantitative estimate of drug-likeness (QED) is 0.872. The van der Waals surface area contributed by atoms with E-state index in [0.29, 0.717) is 18.1 Å². The Morgan fingerprint density at radius 1 is 1.48 bits per heavy atom. The molecule has 1 N–H and O–H groups in total. The summed E-state index contributed by atoms with van der Waals surface area (Å²) in [5, 5.41) is 20.5. The van der Waals surface area contributed by atoms with Gasteiger partial charge in [0.15, 0.2) is 5.82 Å². The Labute approximate surface area is 122 Å². The van der Waals surface area contributed by atoms with Crippen LogP contribution in [0.15, 0.2) is 18.2 Å². The molecule has 0 spiro atoms. The third-order valence-electron chi connectivity index (χ3n) is 3.14. The van der Waals surface area contributed by atoms with Gasteiger partial charge in [0.2, 0.25) is 0 Å². The normalized spacial score (nSPS) is 12.1. The molecular weight excluding hydrogens is 272 g/mol. The van der Waals surface area contributed by atoms with Gasteiger partial charge in [0, 0.05) is 13.0 Å². The first-order valence-corrected chi connectivity index (χ1v) is 6.64. The van der Waals surface area contributed by atoms with Crippen molar-refractivity contribution in [2.24, 2.45) is 5.92 Å². The van der Waals surface area contributed by atoms with Crippen LogP contribution < -0.4 is 4.74 Å². The van der Waals surface area contributed by atoms with Gasteiger partial charge in [-0.25, -0.2) is 4.68 Å².